The summed E-state index contributed by atoms with van der Waals surface area (Å²) >= 11 is 0. The fourth-order valence-electron chi connectivity index (χ4n) is 3.81. The van der Waals surface area contributed by atoms with E-state index in [9.17, 15) is 4.79 Å². The van der Waals surface area contributed by atoms with E-state index in [2.05, 4.69) is 16.0 Å². The molecule has 1 aliphatic rings. The number of fused-ring (bicyclic) bond motifs is 3. The summed E-state index contributed by atoms with van der Waals surface area (Å²) in [6.07, 6.45) is 4.93. The average Bonchev–Trinajstić information content (AvgIpc) is 2.87. The van der Waals surface area contributed by atoms with E-state index >= 15 is 0 Å². The van der Waals surface area contributed by atoms with E-state index in [1.807, 2.05) is 30.3 Å². The van der Waals surface area contributed by atoms with Crippen LogP contribution >= 0.6 is 0 Å². The number of benzene rings is 2. The molecule has 2 heterocycles. The van der Waals surface area contributed by atoms with Gasteiger partial charge in [0.2, 0.25) is 5.91 Å². The van der Waals surface area contributed by atoms with Gasteiger partial charge in [0.25, 0.3) is 0 Å². The Morgan fingerprint density at radius 2 is 1.93 bits per heavy atom. The van der Waals surface area contributed by atoms with Gasteiger partial charge < -0.3 is 19.4 Å². The zero-order valence-electron chi connectivity index (χ0n) is 16.3. The highest BCUT2D eigenvalue weighted by molar-refractivity contribution is 5.94. The van der Waals surface area contributed by atoms with Gasteiger partial charge in [-0.05, 0) is 48.7 Å². The Hall–Kier alpha value is -3.02. The minimum atomic E-state index is -0.0765. The lowest BCUT2D eigenvalue weighted by molar-refractivity contribution is -0.115. The van der Waals surface area contributed by atoms with E-state index in [-0.39, 0.29) is 12.3 Å². The van der Waals surface area contributed by atoms with Gasteiger partial charge in [-0.1, -0.05) is 12.5 Å². The Bertz CT molecular complexity index is 1010. The van der Waals surface area contributed by atoms with Crippen molar-refractivity contribution in [1.29, 1.82) is 0 Å². The molecule has 6 nitrogen and oxygen atoms in total. The standard InChI is InChI=1S/C22H25N3O3/c1-27-19-10-7-15(12-20(19)28-2)13-22(26)23-16-8-9-18-17(14-16)24-21-6-4-3-5-11-25(18)21/h7-10,12,14H,3-6,11,13H2,1-2H3,(H,23,26). The summed E-state index contributed by atoms with van der Waals surface area (Å²) in [5, 5.41) is 2.98. The molecule has 0 aliphatic carbocycles. The van der Waals surface area contributed by atoms with Gasteiger partial charge in [0.15, 0.2) is 11.5 Å². The highest BCUT2D eigenvalue weighted by atomic mass is 16.5. The molecule has 3 aromatic rings. The summed E-state index contributed by atoms with van der Waals surface area (Å²) < 4.78 is 12.9. The molecule has 2 aromatic carbocycles. The van der Waals surface area contributed by atoms with Crippen molar-refractivity contribution in [3.8, 4) is 11.5 Å². The molecule has 0 saturated carbocycles. The first-order valence-electron chi connectivity index (χ1n) is 9.68. The van der Waals surface area contributed by atoms with Crippen molar-refractivity contribution in [3.05, 3.63) is 47.8 Å². The third-order valence-electron chi connectivity index (χ3n) is 5.21. The van der Waals surface area contributed by atoms with Crippen molar-refractivity contribution >= 4 is 22.6 Å². The second-order valence-electron chi connectivity index (χ2n) is 7.11. The second kappa shape index (κ2) is 7.92. The minimum Gasteiger partial charge on any atom is -0.493 e. The molecule has 28 heavy (non-hydrogen) atoms. The van der Waals surface area contributed by atoms with Crippen LogP contribution < -0.4 is 14.8 Å². The Morgan fingerprint density at radius 1 is 1.07 bits per heavy atom. The summed E-state index contributed by atoms with van der Waals surface area (Å²) in [5.74, 6) is 2.35. The number of amides is 1. The normalized spacial score (nSPS) is 13.6. The molecular weight excluding hydrogens is 354 g/mol. The van der Waals surface area contributed by atoms with Crippen LogP contribution in [0, 0.1) is 0 Å². The van der Waals surface area contributed by atoms with Crippen molar-refractivity contribution in [3.63, 3.8) is 0 Å². The topological polar surface area (TPSA) is 65.4 Å². The maximum absolute atomic E-state index is 12.5. The summed E-state index contributed by atoms with van der Waals surface area (Å²) in [6.45, 7) is 1.02. The number of hydrogen-bond acceptors (Lipinski definition) is 4. The number of anilines is 1. The molecule has 6 heteroatoms. The van der Waals surface area contributed by atoms with Crippen LogP contribution in [0.3, 0.4) is 0 Å². The first kappa shape index (κ1) is 18.3. The van der Waals surface area contributed by atoms with Gasteiger partial charge in [-0.2, -0.15) is 0 Å². The van der Waals surface area contributed by atoms with Crippen LogP contribution in [0.15, 0.2) is 36.4 Å². The molecule has 1 N–H and O–H groups in total. The van der Waals surface area contributed by atoms with Crippen LogP contribution in [0.25, 0.3) is 11.0 Å². The van der Waals surface area contributed by atoms with E-state index in [0.29, 0.717) is 11.5 Å². The Kier molecular flexibility index (Phi) is 5.19. The fourth-order valence-corrected chi connectivity index (χ4v) is 3.81. The van der Waals surface area contributed by atoms with Crippen LogP contribution in [-0.4, -0.2) is 29.7 Å². The largest absolute Gasteiger partial charge is 0.493 e. The number of carbonyl (C=O) groups is 1. The maximum Gasteiger partial charge on any atom is 0.228 e. The van der Waals surface area contributed by atoms with Crippen molar-refractivity contribution in [2.24, 2.45) is 0 Å². The van der Waals surface area contributed by atoms with E-state index in [1.165, 1.54) is 19.3 Å². The first-order valence-corrected chi connectivity index (χ1v) is 9.68. The third-order valence-corrected chi connectivity index (χ3v) is 5.21. The lowest BCUT2D eigenvalue weighted by Gasteiger charge is -2.10. The van der Waals surface area contributed by atoms with Crippen molar-refractivity contribution in [1.82, 2.24) is 9.55 Å². The fraction of sp³-hybridized carbons (Fsp3) is 0.364. The monoisotopic (exact) mass is 379 g/mol. The van der Waals surface area contributed by atoms with Gasteiger partial charge in [0.05, 0.1) is 31.7 Å². The Morgan fingerprint density at radius 3 is 2.75 bits per heavy atom. The van der Waals surface area contributed by atoms with E-state index in [0.717, 1.165) is 41.1 Å². The van der Waals surface area contributed by atoms with Crippen LogP contribution in [0.4, 0.5) is 5.69 Å². The number of nitrogens with zero attached hydrogens (tertiary/aromatic N) is 2. The molecule has 4 rings (SSSR count). The predicted molar refractivity (Wildman–Crippen MR) is 109 cm³/mol. The average molecular weight is 379 g/mol. The summed E-state index contributed by atoms with van der Waals surface area (Å²) in [5.41, 5.74) is 3.73. The molecule has 0 atom stereocenters. The van der Waals surface area contributed by atoms with Crippen molar-refractivity contribution in [2.75, 3.05) is 19.5 Å². The number of aryl methyl sites for hydroxylation is 2. The summed E-state index contributed by atoms with van der Waals surface area (Å²) in [4.78, 5) is 17.3. The second-order valence-corrected chi connectivity index (χ2v) is 7.11. The number of ether oxygens (including phenoxy) is 2. The van der Waals surface area contributed by atoms with Gasteiger partial charge in [-0.25, -0.2) is 4.98 Å². The number of imidazole rings is 1. The predicted octanol–water partition coefficient (Wildman–Crippen LogP) is 3.96. The van der Waals surface area contributed by atoms with Gasteiger partial charge in [-0.3, -0.25) is 4.79 Å². The van der Waals surface area contributed by atoms with Crippen LogP contribution in [-0.2, 0) is 24.2 Å². The third kappa shape index (κ3) is 3.67. The lowest BCUT2D eigenvalue weighted by Crippen LogP contribution is -2.14. The molecule has 0 unspecified atom stereocenters. The molecule has 0 saturated heterocycles. The van der Waals surface area contributed by atoms with Gasteiger partial charge in [-0.15, -0.1) is 0 Å². The van der Waals surface area contributed by atoms with Gasteiger partial charge >= 0.3 is 0 Å². The summed E-state index contributed by atoms with van der Waals surface area (Å²) in [7, 11) is 3.18. The number of methoxy groups -OCH3 is 2. The number of carbonyl (C=O) groups excluding carboxylic acids is 1. The number of hydrogen-bond donors (Lipinski definition) is 1. The zero-order valence-corrected chi connectivity index (χ0v) is 16.3. The molecule has 0 radical (unpaired) electrons. The molecule has 0 fully saturated rings. The van der Waals surface area contributed by atoms with Crippen LogP contribution in [0.2, 0.25) is 0 Å². The van der Waals surface area contributed by atoms with Gasteiger partial charge in [0, 0.05) is 18.7 Å². The van der Waals surface area contributed by atoms with Gasteiger partial charge in [0.1, 0.15) is 5.82 Å². The Labute approximate surface area is 164 Å². The Balaban J connectivity index is 1.49. The van der Waals surface area contributed by atoms with E-state index < -0.39 is 0 Å². The maximum atomic E-state index is 12.5. The molecular formula is C22H25N3O3. The smallest absolute Gasteiger partial charge is 0.228 e. The van der Waals surface area contributed by atoms with Crippen LogP contribution in [0.1, 0.15) is 30.7 Å². The van der Waals surface area contributed by atoms with Crippen molar-refractivity contribution in [2.45, 2.75) is 38.6 Å². The number of nitrogens with one attached hydrogen (secondary N) is 1. The van der Waals surface area contributed by atoms with Crippen molar-refractivity contribution < 1.29 is 14.3 Å². The summed E-state index contributed by atoms with van der Waals surface area (Å²) in [6, 6.07) is 11.5. The quantitative estimate of drug-likeness (QED) is 0.729. The number of aromatic nitrogens is 2. The molecule has 0 bridgehead atoms. The molecule has 1 aromatic heterocycles. The highest BCUT2D eigenvalue weighted by Gasteiger charge is 2.14. The molecule has 1 aliphatic heterocycles. The van der Waals surface area contributed by atoms with E-state index in [4.69, 9.17) is 14.5 Å². The molecule has 146 valence electrons. The molecule has 1 amide bonds. The van der Waals surface area contributed by atoms with E-state index in [1.54, 1.807) is 14.2 Å². The SMILES string of the molecule is COc1ccc(CC(=O)Nc2ccc3c(c2)nc2n3CCCCC2)cc1OC. The lowest BCUT2D eigenvalue weighted by atomic mass is 10.1. The number of rotatable bonds is 5. The van der Waals surface area contributed by atoms with Crippen LogP contribution in [0.5, 0.6) is 11.5 Å². The first-order chi connectivity index (χ1) is 13.7. The zero-order chi connectivity index (χ0) is 19.5. The minimum absolute atomic E-state index is 0.0765. The molecule has 0 spiro atoms. The highest BCUT2D eigenvalue weighted by Crippen LogP contribution is 2.28.